The highest BCUT2D eigenvalue weighted by Crippen LogP contribution is 2.36. The Kier molecular flexibility index (Phi) is 3.00. The van der Waals surface area contributed by atoms with Crippen LogP contribution in [0, 0.1) is 0 Å². The summed E-state index contributed by atoms with van der Waals surface area (Å²) in [4.78, 5) is 12.0. The van der Waals surface area contributed by atoms with Crippen molar-refractivity contribution in [3.05, 3.63) is 39.7 Å². The molecule has 0 aliphatic carbocycles. The van der Waals surface area contributed by atoms with Crippen LogP contribution in [0.15, 0.2) is 27.4 Å². The van der Waals surface area contributed by atoms with Gasteiger partial charge in [0.25, 0.3) is 0 Å². The molecule has 0 atom stereocenters. The first kappa shape index (κ1) is 12.2. The van der Waals surface area contributed by atoms with Gasteiger partial charge in [-0.05, 0) is 12.1 Å². The number of aromatic hydroxyl groups is 1. The number of fused-ring (bicyclic) bond motifs is 1. The Morgan fingerprint density at radius 1 is 1.32 bits per heavy atom. The number of rotatable bonds is 2. The molecule has 1 N–H and O–H groups in total. The van der Waals surface area contributed by atoms with Gasteiger partial charge < -0.3 is 19.0 Å². The SMILES string of the molecule is CCc1cc(=O)c2ccc(O)c(C3OCCO3)c2o1. The Morgan fingerprint density at radius 3 is 2.74 bits per heavy atom. The second kappa shape index (κ2) is 4.68. The minimum atomic E-state index is -0.682. The first-order chi connectivity index (χ1) is 9.20. The fraction of sp³-hybridized carbons (Fsp3) is 0.357. The molecule has 0 radical (unpaired) electrons. The van der Waals surface area contributed by atoms with Crippen LogP contribution in [-0.4, -0.2) is 18.3 Å². The van der Waals surface area contributed by atoms with Gasteiger partial charge in [-0.15, -0.1) is 0 Å². The van der Waals surface area contributed by atoms with Gasteiger partial charge in [-0.2, -0.15) is 0 Å². The lowest BCUT2D eigenvalue weighted by molar-refractivity contribution is -0.0449. The fourth-order valence-electron chi connectivity index (χ4n) is 2.20. The van der Waals surface area contributed by atoms with E-state index < -0.39 is 6.29 Å². The zero-order valence-corrected chi connectivity index (χ0v) is 10.5. The Bertz CT molecular complexity index is 667. The zero-order chi connectivity index (χ0) is 13.4. The number of ether oxygens (including phenoxy) is 2. The molecule has 1 aliphatic rings. The van der Waals surface area contributed by atoms with Crippen LogP contribution >= 0.6 is 0 Å². The maximum Gasteiger partial charge on any atom is 0.192 e. The summed E-state index contributed by atoms with van der Waals surface area (Å²) in [6.07, 6.45) is -0.0777. The van der Waals surface area contributed by atoms with Gasteiger partial charge in [-0.1, -0.05) is 6.92 Å². The van der Waals surface area contributed by atoms with E-state index in [9.17, 15) is 9.90 Å². The normalized spacial score (nSPS) is 16.3. The maximum absolute atomic E-state index is 12.0. The lowest BCUT2D eigenvalue weighted by atomic mass is 10.1. The average Bonchev–Trinajstić information content (AvgIpc) is 2.91. The second-order valence-corrected chi connectivity index (χ2v) is 4.38. The van der Waals surface area contributed by atoms with Crippen LogP contribution in [-0.2, 0) is 15.9 Å². The van der Waals surface area contributed by atoms with Crippen molar-refractivity contribution in [2.45, 2.75) is 19.6 Å². The standard InChI is InChI=1S/C14H14O5/c1-2-8-7-11(16)9-3-4-10(15)12(13(9)19-8)14-17-5-6-18-14/h3-4,7,14-15H,2,5-6H2,1H3. The summed E-state index contributed by atoms with van der Waals surface area (Å²) in [7, 11) is 0. The highest BCUT2D eigenvalue weighted by atomic mass is 16.7. The van der Waals surface area contributed by atoms with E-state index >= 15 is 0 Å². The summed E-state index contributed by atoms with van der Waals surface area (Å²) in [6, 6.07) is 4.49. The first-order valence-corrected chi connectivity index (χ1v) is 6.22. The molecule has 0 spiro atoms. The van der Waals surface area contributed by atoms with Crippen LogP contribution in [0.5, 0.6) is 5.75 Å². The van der Waals surface area contributed by atoms with E-state index in [1.54, 1.807) is 6.07 Å². The van der Waals surface area contributed by atoms with Crippen molar-refractivity contribution in [2.75, 3.05) is 13.2 Å². The molecule has 0 saturated carbocycles. The highest BCUT2D eigenvalue weighted by Gasteiger charge is 2.26. The first-order valence-electron chi connectivity index (χ1n) is 6.22. The van der Waals surface area contributed by atoms with Gasteiger partial charge in [0.05, 0.1) is 24.2 Å². The summed E-state index contributed by atoms with van der Waals surface area (Å²) in [6.45, 7) is 2.81. The van der Waals surface area contributed by atoms with Crippen LogP contribution in [0.3, 0.4) is 0 Å². The van der Waals surface area contributed by atoms with E-state index in [1.807, 2.05) is 6.92 Å². The molecular weight excluding hydrogens is 248 g/mol. The van der Waals surface area contributed by atoms with Crippen LogP contribution in [0.1, 0.15) is 24.5 Å². The largest absolute Gasteiger partial charge is 0.507 e. The second-order valence-electron chi connectivity index (χ2n) is 4.38. The molecule has 5 nitrogen and oxygen atoms in total. The van der Waals surface area contributed by atoms with Gasteiger partial charge in [-0.3, -0.25) is 4.79 Å². The van der Waals surface area contributed by atoms with Crippen molar-refractivity contribution in [3.63, 3.8) is 0 Å². The van der Waals surface area contributed by atoms with Gasteiger partial charge in [-0.25, -0.2) is 0 Å². The van der Waals surface area contributed by atoms with Crippen molar-refractivity contribution < 1.29 is 19.0 Å². The third-order valence-electron chi connectivity index (χ3n) is 3.17. The van der Waals surface area contributed by atoms with Gasteiger partial charge in [0.1, 0.15) is 17.1 Å². The average molecular weight is 262 g/mol. The molecule has 0 unspecified atom stereocenters. The lowest BCUT2D eigenvalue weighted by Gasteiger charge is -2.13. The van der Waals surface area contributed by atoms with Crippen molar-refractivity contribution in [1.29, 1.82) is 0 Å². The van der Waals surface area contributed by atoms with E-state index in [0.717, 1.165) is 0 Å². The molecule has 5 heteroatoms. The number of aryl methyl sites for hydroxylation is 1. The molecule has 1 fully saturated rings. The van der Waals surface area contributed by atoms with E-state index in [0.29, 0.717) is 41.9 Å². The van der Waals surface area contributed by atoms with Gasteiger partial charge in [0.15, 0.2) is 11.7 Å². The molecule has 1 aromatic heterocycles. The quantitative estimate of drug-likeness (QED) is 0.897. The minimum absolute atomic E-state index is 0.0100. The Hall–Kier alpha value is -1.85. The molecular formula is C14H14O5. The van der Waals surface area contributed by atoms with Crippen LogP contribution in [0.25, 0.3) is 11.0 Å². The number of hydrogen-bond acceptors (Lipinski definition) is 5. The third-order valence-corrected chi connectivity index (χ3v) is 3.17. The summed E-state index contributed by atoms with van der Waals surface area (Å²) in [5.74, 6) is 0.582. The summed E-state index contributed by atoms with van der Waals surface area (Å²) in [5.41, 5.74) is 0.607. The predicted octanol–water partition coefficient (Wildman–Crippen LogP) is 2.11. The van der Waals surface area contributed by atoms with Crippen LogP contribution in [0.4, 0.5) is 0 Å². The number of benzene rings is 1. The molecule has 1 saturated heterocycles. The topological polar surface area (TPSA) is 68.9 Å². The predicted molar refractivity (Wildman–Crippen MR) is 68.2 cm³/mol. The third kappa shape index (κ3) is 2.01. The smallest absolute Gasteiger partial charge is 0.192 e. The molecule has 2 heterocycles. The zero-order valence-electron chi connectivity index (χ0n) is 10.5. The number of hydrogen-bond donors (Lipinski definition) is 1. The van der Waals surface area contributed by atoms with Gasteiger partial charge >= 0.3 is 0 Å². The maximum atomic E-state index is 12.0. The molecule has 0 bridgehead atoms. The minimum Gasteiger partial charge on any atom is -0.507 e. The Labute approximate surface area is 109 Å². The molecule has 3 rings (SSSR count). The van der Waals surface area contributed by atoms with Gasteiger partial charge in [0, 0.05) is 12.5 Å². The molecule has 19 heavy (non-hydrogen) atoms. The van der Waals surface area contributed by atoms with Crippen molar-refractivity contribution >= 4 is 11.0 Å². The Morgan fingerprint density at radius 2 is 2.05 bits per heavy atom. The van der Waals surface area contributed by atoms with E-state index in [4.69, 9.17) is 13.9 Å². The number of phenols is 1. The summed E-state index contributed by atoms with van der Waals surface area (Å²) >= 11 is 0. The molecule has 1 aliphatic heterocycles. The van der Waals surface area contributed by atoms with Crippen LogP contribution in [0.2, 0.25) is 0 Å². The summed E-state index contributed by atoms with van der Waals surface area (Å²) in [5, 5.41) is 10.4. The molecule has 2 aromatic rings. The molecule has 0 amide bonds. The van der Waals surface area contributed by atoms with Crippen molar-refractivity contribution in [1.82, 2.24) is 0 Å². The van der Waals surface area contributed by atoms with Crippen molar-refractivity contribution in [3.8, 4) is 5.75 Å². The molecule has 100 valence electrons. The van der Waals surface area contributed by atoms with Crippen LogP contribution < -0.4 is 5.43 Å². The van der Waals surface area contributed by atoms with E-state index in [1.165, 1.54) is 12.1 Å². The molecule has 1 aromatic carbocycles. The van der Waals surface area contributed by atoms with E-state index in [2.05, 4.69) is 0 Å². The van der Waals surface area contributed by atoms with Gasteiger partial charge in [0.2, 0.25) is 0 Å². The number of phenolic OH excluding ortho intramolecular Hbond substituents is 1. The fourth-order valence-corrected chi connectivity index (χ4v) is 2.20. The van der Waals surface area contributed by atoms with E-state index in [-0.39, 0.29) is 11.2 Å². The highest BCUT2D eigenvalue weighted by molar-refractivity contribution is 5.82. The lowest BCUT2D eigenvalue weighted by Crippen LogP contribution is -2.06. The monoisotopic (exact) mass is 262 g/mol. The van der Waals surface area contributed by atoms with Crippen molar-refractivity contribution in [2.24, 2.45) is 0 Å². The Balaban J connectivity index is 2.31. The summed E-state index contributed by atoms with van der Waals surface area (Å²) < 4.78 is 16.5.